The zero-order valence-corrected chi connectivity index (χ0v) is 13.0. The topological polar surface area (TPSA) is 52.4 Å². The van der Waals surface area contributed by atoms with Gasteiger partial charge in [0, 0.05) is 6.07 Å². The summed E-state index contributed by atoms with van der Waals surface area (Å²) in [6.07, 6.45) is 0. The summed E-state index contributed by atoms with van der Waals surface area (Å²) in [5, 5.41) is 10.7. The van der Waals surface area contributed by atoms with Crippen LogP contribution >= 0.6 is 0 Å². The Kier molecular flexibility index (Phi) is 4.47. The molecule has 0 N–H and O–H groups in total. The molecule has 0 aromatic heterocycles. The molecular weight excluding hydrogens is 265 g/mol. The smallest absolute Gasteiger partial charge is 0.305 e. The van der Waals surface area contributed by atoms with E-state index < -0.39 is 24.7 Å². The zero-order valence-electron chi connectivity index (χ0n) is 12.0. The van der Waals surface area contributed by atoms with Crippen molar-refractivity contribution in [2.45, 2.75) is 45.5 Å². The maximum Gasteiger partial charge on any atom is 0.305 e. The average Bonchev–Trinajstić information content (AvgIpc) is 2.26. The summed E-state index contributed by atoms with van der Waals surface area (Å²) in [7, 11) is -1.91. The van der Waals surface area contributed by atoms with Gasteiger partial charge in [0.1, 0.15) is 0 Å². The van der Waals surface area contributed by atoms with Crippen molar-refractivity contribution in [1.82, 2.24) is 0 Å². The molecule has 4 nitrogen and oxygen atoms in total. The van der Waals surface area contributed by atoms with Crippen LogP contribution in [-0.4, -0.2) is 13.2 Å². The molecule has 0 atom stereocenters. The van der Waals surface area contributed by atoms with Gasteiger partial charge in [0.2, 0.25) is 5.82 Å². The van der Waals surface area contributed by atoms with Gasteiger partial charge in [-0.3, -0.25) is 10.1 Å². The summed E-state index contributed by atoms with van der Waals surface area (Å²) in [4.78, 5) is 9.95. The third kappa shape index (κ3) is 3.84. The second-order valence-electron chi connectivity index (χ2n) is 6.09. The molecule has 0 amide bonds. The number of nitrogens with zero attached hydrogens (tertiary/aromatic N) is 1. The Morgan fingerprint density at radius 3 is 2.42 bits per heavy atom. The van der Waals surface area contributed by atoms with E-state index in [9.17, 15) is 14.5 Å². The number of hydrogen-bond donors (Lipinski definition) is 0. The standard InChI is InChI=1S/C13H20FNO3Si/c1-13(2,3)19(4,5)18-9-10-6-7-11(14)12(8-10)15(16)17/h6-8H,9H2,1-5H3. The van der Waals surface area contributed by atoms with Gasteiger partial charge in [-0.05, 0) is 29.8 Å². The molecule has 0 heterocycles. The number of nitro groups is 1. The molecule has 106 valence electrons. The molecule has 0 aliphatic rings. The van der Waals surface area contributed by atoms with Crippen LogP contribution in [0.2, 0.25) is 18.1 Å². The highest BCUT2D eigenvalue weighted by Gasteiger charge is 2.37. The molecule has 0 spiro atoms. The Morgan fingerprint density at radius 1 is 1.37 bits per heavy atom. The molecule has 0 aliphatic carbocycles. The summed E-state index contributed by atoms with van der Waals surface area (Å²) in [5.74, 6) is -0.818. The van der Waals surface area contributed by atoms with Crippen molar-refractivity contribution < 1.29 is 13.7 Å². The Labute approximate surface area is 113 Å². The van der Waals surface area contributed by atoms with Gasteiger partial charge in [-0.15, -0.1) is 0 Å². The predicted octanol–water partition coefficient (Wildman–Crippen LogP) is 4.26. The Morgan fingerprint density at radius 2 is 1.95 bits per heavy atom. The van der Waals surface area contributed by atoms with Crippen LogP contribution in [0, 0.1) is 15.9 Å². The first kappa shape index (κ1) is 15.8. The summed E-state index contributed by atoms with van der Waals surface area (Å²) in [6, 6.07) is 3.88. The summed E-state index contributed by atoms with van der Waals surface area (Å²) < 4.78 is 19.2. The van der Waals surface area contributed by atoms with Gasteiger partial charge in [-0.1, -0.05) is 26.8 Å². The van der Waals surface area contributed by atoms with Crippen LogP contribution in [0.3, 0.4) is 0 Å². The average molecular weight is 285 g/mol. The number of benzene rings is 1. The minimum atomic E-state index is -1.91. The second kappa shape index (κ2) is 5.38. The van der Waals surface area contributed by atoms with Crippen LogP contribution in [0.1, 0.15) is 26.3 Å². The van der Waals surface area contributed by atoms with Gasteiger partial charge in [-0.2, -0.15) is 4.39 Å². The lowest BCUT2D eigenvalue weighted by molar-refractivity contribution is -0.387. The van der Waals surface area contributed by atoms with Crippen LogP contribution < -0.4 is 0 Å². The van der Waals surface area contributed by atoms with E-state index >= 15 is 0 Å². The fourth-order valence-electron chi connectivity index (χ4n) is 1.27. The largest absolute Gasteiger partial charge is 0.413 e. The molecule has 1 aromatic rings. The molecular formula is C13H20FNO3Si. The lowest BCUT2D eigenvalue weighted by Crippen LogP contribution is -2.40. The van der Waals surface area contributed by atoms with E-state index in [1.54, 1.807) is 0 Å². The molecule has 0 unspecified atom stereocenters. The normalized spacial score (nSPS) is 12.5. The van der Waals surface area contributed by atoms with E-state index in [1.807, 2.05) is 0 Å². The van der Waals surface area contributed by atoms with E-state index in [0.717, 1.165) is 6.07 Å². The first-order chi connectivity index (χ1) is 8.54. The Bertz CT molecular complexity index is 483. The van der Waals surface area contributed by atoms with E-state index in [-0.39, 0.29) is 11.6 Å². The molecule has 0 saturated carbocycles. The van der Waals surface area contributed by atoms with Crippen LogP contribution in [-0.2, 0) is 11.0 Å². The molecule has 1 aromatic carbocycles. The first-order valence-corrected chi connectivity index (χ1v) is 9.02. The van der Waals surface area contributed by atoms with E-state index in [2.05, 4.69) is 33.9 Å². The van der Waals surface area contributed by atoms with Crippen LogP contribution in [0.4, 0.5) is 10.1 Å². The molecule has 0 bridgehead atoms. The minimum absolute atomic E-state index is 0.0684. The SMILES string of the molecule is CC(C)(C)[Si](C)(C)OCc1ccc(F)c([N+](=O)[O-])c1. The van der Waals surface area contributed by atoms with Crippen molar-refractivity contribution in [2.24, 2.45) is 0 Å². The van der Waals surface area contributed by atoms with Crippen LogP contribution in [0.5, 0.6) is 0 Å². The zero-order chi connectivity index (χ0) is 14.8. The highest BCUT2D eigenvalue weighted by atomic mass is 28.4. The maximum absolute atomic E-state index is 13.2. The lowest BCUT2D eigenvalue weighted by atomic mass is 10.2. The van der Waals surface area contributed by atoms with Crippen molar-refractivity contribution >= 4 is 14.0 Å². The van der Waals surface area contributed by atoms with Gasteiger partial charge in [0.15, 0.2) is 8.32 Å². The number of nitro benzene ring substituents is 1. The Balaban J connectivity index is 2.85. The molecule has 1 rings (SSSR count). The van der Waals surface area contributed by atoms with Crippen molar-refractivity contribution in [3.05, 3.63) is 39.7 Å². The molecule has 0 radical (unpaired) electrons. The molecule has 19 heavy (non-hydrogen) atoms. The van der Waals surface area contributed by atoms with Gasteiger partial charge < -0.3 is 4.43 Å². The fraction of sp³-hybridized carbons (Fsp3) is 0.538. The summed E-state index contributed by atoms with van der Waals surface area (Å²) in [6.45, 7) is 10.8. The van der Waals surface area contributed by atoms with E-state index in [1.165, 1.54) is 12.1 Å². The van der Waals surface area contributed by atoms with Crippen molar-refractivity contribution in [3.63, 3.8) is 0 Å². The first-order valence-electron chi connectivity index (χ1n) is 6.11. The third-order valence-corrected chi connectivity index (χ3v) is 8.09. The van der Waals surface area contributed by atoms with E-state index in [4.69, 9.17) is 4.43 Å². The van der Waals surface area contributed by atoms with Gasteiger partial charge in [0.05, 0.1) is 11.5 Å². The highest BCUT2D eigenvalue weighted by molar-refractivity contribution is 6.74. The van der Waals surface area contributed by atoms with E-state index in [0.29, 0.717) is 5.56 Å². The third-order valence-electron chi connectivity index (χ3n) is 3.61. The molecule has 6 heteroatoms. The van der Waals surface area contributed by atoms with Crippen molar-refractivity contribution in [2.75, 3.05) is 0 Å². The quantitative estimate of drug-likeness (QED) is 0.472. The monoisotopic (exact) mass is 285 g/mol. The Hall–Kier alpha value is -1.27. The van der Waals surface area contributed by atoms with Crippen molar-refractivity contribution in [1.29, 1.82) is 0 Å². The summed E-state index contributed by atoms with van der Waals surface area (Å²) >= 11 is 0. The van der Waals surface area contributed by atoms with Crippen LogP contribution in [0.25, 0.3) is 0 Å². The van der Waals surface area contributed by atoms with Gasteiger partial charge >= 0.3 is 5.69 Å². The lowest BCUT2D eigenvalue weighted by Gasteiger charge is -2.36. The molecule has 0 fully saturated rings. The number of hydrogen-bond acceptors (Lipinski definition) is 3. The maximum atomic E-state index is 13.2. The highest BCUT2D eigenvalue weighted by Crippen LogP contribution is 2.37. The van der Waals surface area contributed by atoms with Gasteiger partial charge in [-0.25, -0.2) is 0 Å². The number of rotatable bonds is 4. The minimum Gasteiger partial charge on any atom is -0.413 e. The van der Waals surface area contributed by atoms with Crippen molar-refractivity contribution in [3.8, 4) is 0 Å². The molecule has 0 aliphatic heterocycles. The predicted molar refractivity (Wildman–Crippen MR) is 75.0 cm³/mol. The second-order valence-corrected chi connectivity index (χ2v) is 10.9. The molecule has 0 saturated heterocycles. The fourth-order valence-corrected chi connectivity index (χ4v) is 2.23. The van der Waals surface area contributed by atoms with Crippen LogP contribution in [0.15, 0.2) is 18.2 Å². The summed E-state index contributed by atoms with van der Waals surface area (Å²) in [5.41, 5.74) is 0.120. The van der Waals surface area contributed by atoms with Gasteiger partial charge in [0.25, 0.3) is 0 Å². The number of halogens is 1.